The molecule has 0 aliphatic rings. The molecule has 0 amide bonds. The Hall–Kier alpha value is -1.66. The van der Waals surface area contributed by atoms with Crippen molar-refractivity contribution in [3.8, 4) is 0 Å². The highest BCUT2D eigenvalue weighted by Gasteiger charge is 2.96. The highest BCUT2D eigenvalue weighted by atomic mass is 19.4. The van der Waals surface area contributed by atoms with E-state index in [1.807, 2.05) is 0 Å². The third-order valence-electron chi connectivity index (χ3n) is 3.46. The van der Waals surface area contributed by atoms with Crippen LogP contribution in [0.15, 0.2) is 12.4 Å². The van der Waals surface area contributed by atoms with Crippen molar-refractivity contribution < 1.29 is 87.8 Å². The van der Waals surface area contributed by atoms with Crippen molar-refractivity contribution in [3.63, 3.8) is 0 Å². The second-order valence-corrected chi connectivity index (χ2v) is 5.50. The van der Waals surface area contributed by atoms with Crippen molar-refractivity contribution in [2.24, 2.45) is 0 Å². The van der Waals surface area contributed by atoms with E-state index in [4.69, 9.17) is 0 Å². The van der Waals surface area contributed by atoms with Crippen LogP contribution in [0.1, 0.15) is 0 Å². The van der Waals surface area contributed by atoms with Crippen LogP contribution < -0.4 is 0 Å². The fraction of sp³-hybridized carbons (Fsp3) is 0.818. The summed E-state index contributed by atoms with van der Waals surface area (Å²) in [5.41, 5.74) is 0. The molecular weight excluding hydrogens is 512 g/mol. The minimum absolute atomic E-state index is 1.24. The van der Waals surface area contributed by atoms with Crippen molar-refractivity contribution >= 4 is 0 Å². The Labute approximate surface area is 155 Å². The molecule has 0 heterocycles. The molecule has 0 aromatic rings. The standard InChI is InChI=1S/C11H2F20/c1-2(12)3(13,14)4(15,16)5(17,18)6(19,20)7(21,22)8(23,24)9(25,26)10(27,28)11(29,30)31/h1H2. The topological polar surface area (TPSA) is 0 Å². The van der Waals surface area contributed by atoms with E-state index in [-0.39, 0.29) is 0 Å². The lowest BCUT2D eigenvalue weighted by atomic mass is 9.87. The Morgan fingerprint density at radius 1 is 0.355 bits per heavy atom. The summed E-state index contributed by atoms with van der Waals surface area (Å²) in [6.45, 7) is 1.24. The molecule has 0 unspecified atom stereocenters. The van der Waals surface area contributed by atoms with E-state index in [0.717, 1.165) is 0 Å². The van der Waals surface area contributed by atoms with Crippen molar-refractivity contribution in [2.75, 3.05) is 0 Å². The summed E-state index contributed by atoms with van der Waals surface area (Å²) in [5, 5.41) is 0. The lowest BCUT2D eigenvalue weighted by molar-refractivity contribution is -0.467. The minimum atomic E-state index is -9.02. The maximum absolute atomic E-state index is 13.2. The van der Waals surface area contributed by atoms with Crippen LogP contribution in [0.25, 0.3) is 0 Å². The van der Waals surface area contributed by atoms with E-state index in [0.29, 0.717) is 0 Å². The summed E-state index contributed by atoms with van der Waals surface area (Å²) in [6, 6.07) is 0. The van der Waals surface area contributed by atoms with Crippen LogP contribution in [-0.4, -0.2) is 53.6 Å². The Bertz CT molecular complexity index is 692. The molecule has 0 saturated heterocycles. The zero-order valence-corrected chi connectivity index (χ0v) is 13.3. The molecule has 31 heavy (non-hydrogen) atoms. The molecule has 0 aromatic carbocycles. The second-order valence-electron chi connectivity index (χ2n) is 5.50. The molecule has 0 spiro atoms. The maximum Gasteiger partial charge on any atom is 0.460 e. The predicted octanol–water partition coefficient (Wildman–Crippen LogP) is 7.11. The van der Waals surface area contributed by atoms with Crippen molar-refractivity contribution in [2.45, 2.75) is 53.6 Å². The van der Waals surface area contributed by atoms with Crippen molar-refractivity contribution in [1.29, 1.82) is 0 Å². The molecule has 0 aliphatic heterocycles. The van der Waals surface area contributed by atoms with Crippen LogP contribution in [-0.2, 0) is 0 Å². The monoisotopic (exact) mass is 514 g/mol. The smallest absolute Gasteiger partial charge is 0.206 e. The molecule has 0 saturated carbocycles. The Morgan fingerprint density at radius 3 is 0.742 bits per heavy atom. The third kappa shape index (κ3) is 3.37. The largest absolute Gasteiger partial charge is 0.460 e. The number of halogens is 20. The molecule has 0 fully saturated rings. The first kappa shape index (κ1) is 29.3. The van der Waals surface area contributed by atoms with Crippen molar-refractivity contribution in [1.82, 2.24) is 0 Å². The van der Waals surface area contributed by atoms with Gasteiger partial charge in [0, 0.05) is 0 Å². The van der Waals surface area contributed by atoms with Crippen LogP contribution in [0.3, 0.4) is 0 Å². The first-order valence-corrected chi connectivity index (χ1v) is 6.38. The van der Waals surface area contributed by atoms with Gasteiger partial charge in [-0.25, -0.2) is 4.39 Å². The number of allylic oxidation sites excluding steroid dienone is 1. The summed E-state index contributed by atoms with van der Waals surface area (Å²) in [5.74, 6) is -72.2. The van der Waals surface area contributed by atoms with Gasteiger partial charge in [0.15, 0.2) is 5.83 Å². The highest BCUT2D eigenvalue weighted by Crippen LogP contribution is 2.65. The maximum atomic E-state index is 13.2. The van der Waals surface area contributed by atoms with Gasteiger partial charge in [-0.3, -0.25) is 0 Å². The van der Waals surface area contributed by atoms with Crippen LogP contribution in [0.2, 0.25) is 0 Å². The van der Waals surface area contributed by atoms with E-state index in [1.54, 1.807) is 0 Å². The minimum Gasteiger partial charge on any atom is -0.206 e. The third-order valence-corrected chi connectivity index (χ3v) is 3.46. The lowest BCUT2D eigenvalue weighted by Gasteiger charge is -2.43. The normalized spacial score (nSPS) is 16.5. The summed E-state index contributed by atoms with van der Waals surface area (Å²) in [6.07, 6.45) is -7.93. The Balaban J connectivity index is 6.95. The SMILES string of the molecule is C=C(F)C(F)(F)C(F)(F)C(F)(F)C(F)(F)C(F)(F)C(F)(F)C(F)(F)C(F)(F)C(F)(F)F. The quantitative estimate of drug-likeness (QED) is 0.303. The van der Waals surface area contributed by atoms with E-state index in [9.17, 15) is 87.8 Å². The molecule has 0 radical (unpaired) electrons. The van der Waals surface area contributed by atoms with E-state index in [1.165, 1.54) is 6.58 Å². The number of alkyl halides is 19. The van der Waals surface area contributed by atoms with Crippen LogP contribution >= 0.6 is 0 Å². The number of hydrogen-bond acceptors (Lipinski definition) is 0. The molecule has 0 N–H and O–H groups in total. The Kier molecular flexibility index (Phi) is 6.55. The number of rotatable bonds is 8. The van der Waals surface area contributed by atoms with E-state index in [2.05, 4.69) is 0 Å². The zero-order chi connectivity index (χ0) is 26.1. The predicted molar refractivity (Wildman–Crippen MR) is 55.9 cm³/mol. The van der Waals surface area contributed by atoms with Gasteiger partial charge in [-0.05, 0) is 0 Å². The average molecular weight is 514 g/mol. The van der Waals surface area contributed by atoms with E-state index < -0.39 is 59.4 Å². The molecule has 0 bridgehead atoms. The van der Waals surface area contributed by atoms with E-state index >= 15 is 0 Å². The molecule has 0 aromatic heterocycles. The average Bonchev–Trinajstić information content (AvgIpc) is 2.52. The van der Waals surface area contributed by atoms with Gasteiger partial charge in [0.05, 0.1) is 0 Å². The van der Waals surface area contributed by atoms with Crippen LogP contribution in [0, 0.1) is 0 Å². The molecule has 186 valence electrons. The van der Waals surface area contributed by atoms with Gasteiger partial charge in [0.2, 0.25) is 0 Å². The van der Waals surface area contributed by atoms with Gasteiger partial charge in [-0.2, -0.15) is 83.4 Å². The molecule has 0 atom stereocenters. The fourth-order valence-corrected chi connectivity index (χ4v) is 1.53. The number of hydrogen-bond donors (Lipinski definition) is 0. The van der Waals surface area contributed by atoms with Crippen molar-refractivity contribution in [3.05, 3.63) is 12.4 Å². The van der Waals surface area contributed by atoms with Gasteiger partial charge in [0.1, 0.15) is 0 Å². The molecule has 20 heteroatoms. The summed E-state index contributed by atoms with van der Waals surface area (Å²) in [4.78, 5) is 0. The summed E-state index contributed by atoms with van der Waals surface area (Å²) in [7, 11) is 0. The van der Waals surface area contributed by atoms with Gasteiger partial charge < -0.3 is 0 Å². The molecular formula is C11H2F20. The first-order valence-electron chi connectivity index (χ1n) is 6.38. The molecule has 0 aliphatic carbocycles. The fourth-order valence-electron chi connectivity index (χ4n) is 1.53. The Morgan fingerprint density at radius 2 is 0.548 bits per heavy atom. The lowest BCUT2D eigenvalue weighted by Crippen LogP contribution is -2.75. The van der Waals surface area contributed by atoms with Gasteiger partial charge >= 0.3 is 53.6 Å². The van der Waals surface area contributed by atoms with Gasteiger partial charge in [0.25, 0.3) is 0 Å². The highest BCUT2D eigenvalue weighted by molar-refractivity contribution is 5.19. The molecule has 0 nitrogen and oxygen atoms in total. The molecule has 0 rings (SSSR count). The zero-order valence-electron chi connectivity index (χ0n) is 13.3. The van der Waals surface area contributed by atoms with Gasteiger partial charge in [-0.1, -0.05) is 6.58 Å². The second kappa shape index (κ2) is 6.92. The van der Waals surface area contributed by atoms with Crippen LogP contribution in [0.5, 0.6) is 0 Å². The first-order chi connectivity index (χ1) is 12.9. The summed E-state index contributed by atoms with van der Waals surface area (Å²) >= 11 is 0. The summed E-state index contributed by atoms with van der Waals surface area (Å²) < 4.78 is 255. The van der Waals surface area contributed by atoms with Crippen LogP contribution in [0.4, 0.5) is 87.8 Å². The van der Waals surface area contributed by atoms with Gasteiger partial charge in [-0.15, -0.1) is 0 Å².